The van der Waals surface area contributed by atoms with Crippen LogP contribution in [0, 0.1) is 6.92 Å². The van der Waals surface area contributed by atoms with Crippen molar-refractivity contribution in [3.8, 4) is 5.75 Å². The molecular weight excluding hydrogens is 505 g/mol. The Bertz CT molecular complexity index is 729. The summed E-state index contributed by atoms with van der Waals surface area (Å²) in [7, 11) is 1.80. The van der Waals surface area contributed by atoms with Crippen molar-refractivity contribution < 1.29 is 9.53 Å². The lowest BCUT2D eigenvalue weighted by atomic mass is 10.1. The van der Waals surface area contributed by atoms with Crippen molar-refractivity contribution in [2.75, 3.05) is 46.3 Å². The molecule has 0 spiro atoms. The van der Waals surface area contributed by atoms with Gasteiger partial charge in [0.25, 0.3) is 0 Å². The van der Waals surface area contributed by atoms with Gasteiger partial charge >= 0.3 is 0 Å². The standard InChI is InChI=1S/C23H37N5O2.HI/c1-18-8-9-20(22(16-18)30-21-6-4-5-7-21)17-26-23(24-3)25-10-11-27-12-14-28(15-13-27)19(2)29;/h8-9,16,21H,4-7,10-15,17H2,1-3H3,(H2,24,25,26);1H. The second-order valence-corrected chi connectivity index (χ2v) is 8.34. The minimum Gasteiger partial charge on any atom is -0.490 e. The summed E-state index contributed by atoms with van der Waals surface area (Å²) in [6.07, 6.45) is 5.20. The van der Waals surface area contributed by atoms with Crippen LogP contribution in [0.3, 0.4) is 0 Å². The van der Waals surface area contributed by atoms with Gasteiger partial charge in [-0.1, -0.05) is 12.1 Å². The Kier molecular flexibility index (Phi) is 10.9. The maximum absolute atomic E-state index is 11.4. The van der Waals surface area contributed by atoms with Crippen LogP contribution < -0.4 is 15.4 Å². The van der Waals surface area contributed by atoms with Crippen molar-refractivity contribution in [3.05, 3.63) is 29.3 Å². The van der Waals surface area contributed by atoms with E-state index in [2.05, 4.69) is 45.6 Å². The van der Waals surface area contributed by atoms with E-state index in [0.29, 0.717) is 12.6 Å². The van der Waals surface area contributed by atoms with Gasteiger partial charge in [0, 0.05) is 65.3 Å². The van der Waals surface area contributed by atoms with Crippen molar-refractivity contribution in [1.82, 2.24) is 20.4 Å². The number of halogens is 1. The fourth-order valence-corrected chi connectivity index (χ4v) is 4.12. The zero-order valence-electron chi connectivity index (χ0n) is 19.2. The normalized spacial score (nSPS) is 17.9. The van der Waals surface area contributed by atoms with Gasteiger partial charge < -0.3 is 20.3 Å². The number of aryl methyl sites for hydroxylation is 1. The summed E-state index contributed by atoms with van der Waals surface area (Å²) < 4.78 is 6.30. The predicted molar refractivity (Wildman–Crippen MR) is 136 cm³/mol. The second kappa shape index (κ2) is 13.1. The summed E-state index contributed by atoms with van der Waals surface area (Å²) in [6.45, 7) is 9.68. The molecule has 3 rings (SSSR count). The number of aliphatic imine (C=N–C) groups is 1. The molecular formula is C23H38IN5O2. The molecule has 0 aromatic heterocycles. The number of guanidine groups is 1. The Morgan fingerprint density at radius 3 is 2.52 bits per heavy atom. The van der Waals surface area contributed by atoms with Crippen LogP contribution in [0.5, 0.6) is 5.75 Å². The molecule has 0 radical (unpaired) electrons. The molecule has 1 aliphatic carbocycles. The van der Waals surface area contributed by atoms with Crippen LogP contribution in [0.2, 0.25) is 0 Å². The number of rotatable bonds is 7. The summed E-state index contributed by atoms with van der Waals surface area (Å²) in [5.41, 5.74) is 2.38. The molecule has 0 bridgehead atoms. The van der Waals surface area contributed by atoms with E-state index < -0.39 is 0 Å². The third-order valence-corrected chi connectivity index (χ3v) is 6.03. The lowest BCUT2D eigenvalue weighted by Crippen LogP contribution is -2.50. The molecule has 1 aromatic rings. The number of hydrogen-bond acceptors (Lipinski definition) is 4. The SMILES string of the molecule is CN=C(NCCN1CCN(C(C)=O)CC1)NCc1ccc(C)cc1OC1CCCC1.I. The first-order chi connectivity index (χ1) is 14.5. The largest absolute Gasteiger partial charge is 0.490 e. The molecule has 0 unspecified atom stereocenters. The number of carbonyl (C=O) groups is 1. The highest BCUT2D eigenvalue weighted by Gasteiger charge is 2.19. The van der Waals surface area contributed by atoms with E-state index >= 15 is 0 Å². The van der Waals surface area contributed by atoms with Crippen LogP contribution in [0.25, 0.3) is 0 Å². The van der Waals surface area contributed by atoms with E-state index in [1.54, 1.807) is 14.0 Å². The van der Waals surface area contributed by atoms with Crippen molar-refractivity contribution in [2.24, 2.45) is 4.99 Å². The summed E-state index contributed by atoms with van der Waals surface area (Å²) in [5, 5.41) is 6.82. The molecule has 174 valence electrons. The van der Waals surface area contributed by atoms with E-state index in [4.69, 9.17) is 4.74 Å². The number of nitrogens with zero attached hydrogens (tertiary/aromatic N) is 3. The van der Waals surface area contributed by atoms with Gasteiger partial charge in [0.05, 0.1) is 6.10 Å². The fraction of sp³-hybridized carbons (Fsp3) is 0.652. The quantitative estimate of drug-likeness (QED) is 0.315. The van der Waals surface area contributed by atoms with Crippen LogP contribution in [0.1, 0.15) is 43.7 Å². The van der Waals surface area contributed by atoms with Crippen LogP contribution in [0.4, 0.5) is 0 Å². The number of hydrogen-bond donors (Lipinski definition) is 2. The van der Waals surface area contributed by atoms with E-state index in [-0.39, 0.29) is 29.9 Å². The Balaban J connectivity index is 0.00000341. The number of benzene rings is 1. The zero-order valence-corrected chi connectivity index (χ0v) is 21.5. The molecule has 1 amide bonds. The summed E-state index contributed by atoms with van der Waals surface area (Å²) in [4.78, 5) is 20.1. The number of nitrogens with one attached hydrogen (secondary N) is 2. The summed E-state index contributed by atoms with van der Waals surface area (Å²) >= 11 is 0. The topological polar surface area (TPSA) is 69.2 Å². The number of carbonyl (C=O) groups excluding carboxylic acids is 1. The average Bonchev–Trinajstić information content (AvgIpc) is 3.25. The molecule has 1 saturated heterocycles. The molecule has 1 saturated carbocycles. The first-order valence-corrected chi connectivity index (χ1v) is 11.2. The van der Waals surface area contributed by atoms with E-state index in [9.17, 15) is 4.79 Å². The molecule has 1 aliphatic heterocycles. The maximum Gasteiger partial charge on any atom is 0.219 e. The molecule has 1 aromatic carbocycles. The first kappa shape index (κ1) is 25.7. The Labute approximate surface area is 204 Å². The second-order valence-electron chi connectivity index (χ2n) is 8.34. The highest BCUT2D eigenvalue weighted by atomic mass is 127. The van der Waals surface area contributed by atoms with Gasteiger partial charge in [0.1, 0.15) is 5.75 Å². The van der Waals surface area contributed by atoms with Crippen molar-refractivity contribution in [3.63, 3.8) is 0 Å². The Hall–Kier alpha value is -1.55. The fourth-order valence-electron chi connectivity index (χ4n) is 4.12. The van der Waals surface area contributed by atoms with Crippen molar-refractivity contribution >= 4 is 35.8 Å². The zero-order chi connectivity index (χ0) is 21.3. The Morgan fingerprint density at radius 2 is 1.87 bits per heavy atom. The van der Waals surface area contributed by atoms with Crippen molar-refractivity contribution in [1.29, 1.82) is 0 Å². The van der Waals surface area contributed by atoms with Crippen LogP contribution in [-0.4, -0.2) is 74.1 Å². The number of piperazine rings is 1. The molecule has 2 fully saturated rings. The first-order valence-electron chi connectivity index (χ1n) is 11.2. The van der Waals surface area contributed by atoms with Gasteiger partial charge in [-0.15, -0.1) is 24.0 Å². The molecule has 0 atom stereocenters. The minimum atomic E-state index is 0. The lowest BCUT2D eigenvalue weighted by molar-refractivity contribution is -0.130. The van der Waals surface area contributed by atoms with Crippen LogP contribution >= 0.6 is 24.0 Å². The van der Waals surface area contributed by atoms with Gasteiger partial charge in [-0.3, -0.25) is 14.7 Å². The highest BCUT2D eigenvalue weighted by Crippen LogP contribution is 2.27. The summed E-state index contributed by atoms with van der Waals surface area (Å²) in [6, 6.07) is 6.43. The lowest BCUT2D eigenvalue weighted by Gasteiger charge is -2.34. The molecule has 1 heterocycles. The van der Waals surface area contributed by atoms with Gasteiger partial charge in [0.15, 0.2) is 5.96 Å². The number of amides is 1. The molecule has 31 heavy (non-hydrogen) atoms. The van der Waals surface area contributed by atoms with Gasteiger partial charge in [-0.2, -0.15) is 0 Å². The van der Waals surface area contributed by atoms with Gasteiger partial charge in [0.2, 0.25) is 5.91 Å². The smallest absolute Gasteiger partial charge is 0.219 e. The molecule has 2 N–H and O–H groups in total. The average molecular weight is 543 g/mol. The summed E-state index contributed by atoms with van der Waals surface area (Å²) in [5.74, 6) is 1.96. The third-order valence-electron chi connectivity index (χ3n) is 6.03. The minimum absolute atomic E-state index is 0. The predicted octanol–water partition coefficient (Wildman–Crippen LogP) is 2.76. The van der Waals surface area contributed by atoms with E-state index in [1.807, 2.05) is 4.90 Å². The number of ether oxygens (including phenoxy) is 1. The maximum atomic E-state index is 11.4. The monoisotopic (exact) mass is 543 g/mol. The third kappa shape index (κ3) is 8.14. The molecule has 7 nitrogen and oxygen atoms in total. The molecule has 8 heteroatoms. The van der Waals surface area contributed by atoms with Crippen molar-refractivity contribution in [2.45, 2.75) is 52.2 Å². The van der Waals surface area contributed by atoms with Crippen LogP contribution in [-0.2, 0) is 11.3 Å². The highest BCUT2D eigenvalue weighted by molar-refractivity contribution is 14.0. The Morgan fingerprint density at radius 1 is 1.16 bits per heavy atom. The van der Waals surface area contributed by atoms with E-state index in [1.165, 1.54) is 18.4 Å². The van der Waals surface area contributed by atoms with Crippen LogP contribution in [0.15, 0.2) is 23.2 Å². The van der Waals surface area contributed by atoms with E-state index in [0.717, 1.165) is 69.4 Å². The molecule has 2 aliphatic rings. The van der Waals surface area contributed by atoms with Gasteiger partial charge in [-0.25, -0.2) is 0 Å². The van der Waals surface area contributed by atoms with Gasteiger partial charge in [-0.05, 0) is 44.2 Å².